The minimum atomic E-state index is -1.59. The average Bonchev–Trinajstić information content (AvgIpc) is 2.50. The van der Waals surface area contributed by atoms with Crippen LogP contribution in [0.5, 0.6) is 0 Å². The Morgan fingerprint density at radius 3 is 1.56 bits per heavy atom. The molecular weight excluding hydrogens is 442 g/mol. The van der Waals surface area contributed by atoms with Crippen LogP contribution in [0.4, 0.5) is 4.79 Å². The van der Waals surface area contributed by atoms with Gasteiger partial charge >= 0.3 is 12.1 Å². The Balaban J connectivity index is 0.000000607. The molecule has 32 heavy (non-hydrogen) atoms. The van der Waals surface area contributed by atoms with E-state index in [0.29, 0.717) is 16.5 Å². The van der Waals surface area contributed by atoms with E-state index in [4.69, 9.17) is 14.0 Å². The van der Waals surface area contributed by atoms with Crippen LogP contribution in [0.2, 0.25) is 36.3 Å². The van der Waals surface area contributed by atoms with E-state index in [1.807, 2.05) is 0 Å². The van der Waals surface area contributed by atoms with Crippen molar-refractivity contribution in [2.45, 2.75) is 129 Å². The summed E-state index contributed by atoms with van der Waals surface area (Å²) in [5.74, 6) is -1.07. The quantitative estimate of drug-likeness (QED) is 0.481. The Bertz CT molecular complexity index is 620. The van der Waals surface area contributed by atoms with Crippen molar-refractivity contribution in [3.63, 3.8) is 0 Å². The number of carboxylic acids is 1. The highest BCUT2D eigenvalue weighted by Crippen LogP contribution is 2.44. The molecule has 0 saturated carbocycles. The molecule has 1 aliphatic rings. The summed E-state index contributed by atoms with van der Waals surface area (Å²) in [5, 5.41) is 19.1. The summed E-state index contributed by atoms with van der Waals surface area (Å²) in [6.07, 6.45) is -0.742. The molecule has 0 aliphatic carbocycles. The summed E-state index contributed by atoms with van der Waals surface area (Å²) < 4.78 is 11.8. The molecule has 0 bridgehead atoms. The van der Waals surface area contributed by atoms with Crippen molar-refractivity contribution < 1.29 is 28.7 Å². The summed E-state index contributed by atoms with van der Waals surface area (Å²) in [5.41, 5.74) is -0.678. The van der Waals surface area contributed by atoms with E-state index in [-0.39, 0.29) is 13.0 Å². The lowest BCUT2D eigenvalue weighted by Gasteiger charge is -2.47. The highest BCUT2D eigenvalue weighted by Gasteiger charge is 2.46. The van der Waals surface area contributed by atoms with E-state index in [1.165, 1.54) is 0 Å². The van der Waals surface area contributed by atoms with Crippen molar-refractivity contribution in [2.75, 3.05) is 6.54 Å². The molecule has 0 spiro atoms. The van der Waals surface area contributed by atoms with Crippen LogP contribution in [0.1, 0.15) is 75.2 Å². The van der Waals surface area contributed by atoms with Gasteiger partial charge in [-0.15, -0.1) is 0 Å². The fraction of sp³-hybridized carbons (Fsp3) is 0.913. The molecule has 2 atom stereocenters. The number of aliphatic carboxylic acids is 1. The van der Waals surface area contributed by atoms with Gasteiger partial charge in [0.15, 0.2) is 16.6 Å². The van der Waals surface area contributed by atoms with Crippen LogP contribution in [-0.4, -0.2) is 68.1 Å². The van der Waals surface area contributed by atoms with E-state index in [0.717, 1.165) is 4.90 Å². The number of likely N-dealkylation sites (tertiary alicyclic amines) is 1. The minimum absolute atomic E-state index is 0.00583. The molecule has 190 valence electrons. The monoisotopic (exact) mass is 491 g/mol. The largest absolute Gasteiger partial charge is 0.480 e. The molecule has 1 heterocycles. The standard InChI is InChI=1S/C12H30OSi2.C11H19NO5/c1-11(2,3)14(7,8)13-15(9,10)12(4,5)6;1-11(2,3)17-10(16)12-6-7(13)4-5-8(12)9(14)15/h1-10H3;7-8,13H,4-6H2,1-3H3,(H,14,15)/t;7-,8+/m.0/s1. The lowest BCUT2D eigenvalue weighted by molar-refractivity contribution is -0.145. The summed E-state index contributed by atoms with van der Waals surface area (Å²) >= 11 is 0. The van der Waals surface area contributed by atoms with Gasteiger partial charge in [0.2, 0.25) is 0 Å². The Labute approximate surface area is 198 Å². The highest BCUT2D eigenvalue weighted by atomic mass is 28.4. The Hall–Kier alpha value is -0.906. The first-order chi connectivity index (χ1) is 13.9. The number of amides is 1. The number of aliphatic hydroxyl groups is 1. The van der Waals surface area contributed by atoms with Crippen molar-refractivity contribution in [2.24, 2.45) is 0 Å². The topological polar surface area (TPSA) is 96.3 Å². The van der Waals surface area contributed by atoms with Gasteiger partial charge < -0.3 is 19.1 Å². The van der Waals surface area contributed by atoms with Crippen molar-refractivity contribution in [3.8, 4) is 0 Å². The van der Waals surface area contributed by atoms with Gasteiger partial charge in [0, 0.05) is 0 Å². The maximum Gasteiger partial charge on any atom is 0.411 e. The maximum atomic E-state index is 11.8. The third kappa shape index (κ3) is 9.53. The third-order valence-corrected chi connectivity index (χ3v) is 17.9. The zero-order valence-electron chi connectivity index (χ0n) is 22.8. The van der Waals surface area contributed by atoms with Crippen molar-refractivity contribution in [3.05, 3.63) is 0 Å². The van der Waals surface area contributed by atoms with Gasteiger partial charge in [-0.25, -0.2) is 9.59 Å². The van der Waals surface area contributed by atoms with Crippen LogP contribution in [0.15, 0.2) is 0 Å². The van der Waals surface area contributed by atoms with Crippen LogP contribution < -0.4 is 0 Å². The molecule has 7 nitrogen and oxygen atoms in total. The molecule has 9 heteroatoms. The zero-order valence-corrected chi connectivity index (χ0v) is 24.8. The van der Waals surface area contributed by atoms with Crippen molar-refractivity contribution in [1.29, 1.82) is 0 Å². The predicted octanol–water partition coefficient (Wildman–Crippen LogP) is 5.84. The van der Waals surface area contributed by atoms with E-state index in [9.17, 15) is 14.7 Å². The predicted molar refractivity (Wildman–Crippen MR) is 135 cm³/mol. The first kappa shape index (κ1) is 31.1. The zero-order chi connectivity index (χ0) is 25.9. The number of carbonyl (C=O) groups excluding carboxylic acids is 1. The normalized spacial score (nSPS) is 20.9. The van der Waals surface area contributed by atoms with E-state index >= 15 is 0 Å². The summed E-state index contributed by atoms with van der Waals surface area (Å²) in [7, 11) is -3.18. The number of aliphatic hydroxyl groups excluding tert-OH is 1. The molecule has 0 unspecified atom stereocenters. The van der Waals surface area contributed by atoms with E-state index < -0.39 is 46.4 Å². The third-order valence-electron chi connectivity index (χ3n) is 6.59. The molecule has 2 N–H and O–H groups in total. The van der Waals surface area contributed by atoms with Crippen LogP contribution in [0.25, 0.3) is 0 Å². The number of piperidine rings is 1. The number of hydrogen-bond acceptors (Lipinski definition) is 5. The number of β-amino-alcohol motifs (C(OH)–C–C–N with tert-alkyl or cyclic N) is 1. The Morgan fingerprint density at radius 1 is 0.844 bits per heavy atom. The van der Waals surface area contributed by atoms with E-state index in [1.54, 1.807) is 20.8 Å². The van der Waals surface area contributed by atoms with Gasteiger partial charge in [0.25, 0.3) is 0 Å². The fourth-order valence-corrected chi connectivity index (χ4v) is 10.2. The van der Waals surface area contributed by atoms with Gasteiger partial charge in [-0.05, 0) is 69.9 Å². The smallest absolute Gasteiger partial charge is 0.411 e. The van der Waals surface area contributed by atoms with Gasteiger partial charge in [0.1, 0.15) is 11.6 Å². The maximum absolute atomic E-state index is 11.8. The number of nitrogens with zero attached hydrogens (tertiary/aromatic N) is 1. The van der Waals surface area contributed by atoms with Crippen LogP contribution >= 0.6 is 0 Å². The second kappa shape index (κ2) is 10.6. The number of carboxylic acid groups (broad SMARTS) is 1. The number of rotatable bonds is 3. The Morgan fingerprint density at radius 2 is 1.25 bits per heavy atom. The molecule has 1 saturated heterocycles. The van der Waals surface area contributed by atoms with Crippen LogP contribution in [0, 0.1) is 0 Å². The van der Waals surface area contributed by atoms with Crippen molar-refractivity contribution >= 4 is 28.7 Å². The SMILES string of the molecule is CC(C)(C)OC(=O)N1C[C@@H](O)CC[C@@H]1C(=O)O.CC(C)(C)[Si](C)(C)O[Si](C)(C)C(C)(C)C. The number of carbonyl (C=O) groups is 2. The second-order valence-electron chi connectivity index (χ2n) is 12.8. The fourth-order valence-electron chi connectivity index (χ4n) is 2.67. The van der Waals surface area contributed by atoms with Crippen molar-refractivity contribution in [1.82, 2.24) is 4.90 Å². The van der Waals surface area contributed by atoms with Gasteiger partial charge in [0.05, 0.1) is 12.6 Å². The first-order valence-electron chi connectivity index (χ1n) is 11.5. The average molecular weight is 492 g/mol. The highest BCUT2D eigenvalue weighted by molar-refractivity contribution is 6.87. The summed E-state index contributed by atoms with van der Waals surface area (Å²) in [4.78, 5) is 23.9. The molecule has 0 aromatic carbocycles. The number of hydrogen-bond donors (Lipinski definition) is 2. The molecule has 1 fully saturated rings. The van der Waals surface area contributed by atoms with E-state index in [2.05, 4.69) is 67.7 Å². The second-order valence-corrected chi connectivity index (χ2v) is 22.7. The molecule has 1 rings (SSSR count). The molecule has 0 aromatic heterocycles. The van der Waals surface area contributed by atoms with Gasteiger partial charge in [-0.1, -0.05) is 41.5 Å². The lowest BCUT2D eigenvalue weighted by atomic mass is 10.0. The number of ether oxygens (including phenoxy) is 1. The van der Waals surface area contributed by atoms with Gasteiger partial charge in [-0.2, -0.15) is 0 Å². The lowest BCUT2D eigenvalue weighted by Crippen LogP contribution is -2.53. The molecule has 1 amide bonds. The first-order valence-corrected chi connectivity index (χ1v) is 17.3. The van der Waals surface area contributed by atoms with Crippen LogP contribution in [0.3, 0.4) is 0 Å². The molecule has 0 radical (unpaired) electrons. The molecular formula is C23H49NO6Si2. The summed E-state index contributed by atoms with van der Waals surface area (Å²) in [6, 6.07) is -0.909. The van der Waals surface area contributed by atoms with Gasteiger partial charge in [-0.3, -0.25) is 4.90 Å². The molecule has 1 aliphatic heterocycles. The minimum Gasteiger partial charge on any atom is -0.480 e. The summed E-state index contributed by atoms with van der Waals surface area (Å²) in [6.45, 7) is 28.4. The van der Waals surface area contributed by atoms with Crippen LogP contribution in [-0.2, 0) is 13.6 Å². The molecule has 0 aromatic rings. The Kier molecular flexibility index (Phi) is 10.3.